The van der Waals surface area contributed by atoms with Gasteiger partial charge in [0.1, 0.15) is 5.75 Å². The largest absolute Gasteiger partial charge is 0.495 e. The van der Waals surface area contributed by atoms with Crippen molar-refractivity contribution < 1.29 is 19.4 Å². The molecule has 0 spiro atoms. The average Bonchev–Trinajstić information content (AvgIpc) is 2.38. The fraction of sp³-hybridized carbons (Fsp3) is 0.429. The van der Waals surface area contributed by atoms with Gasteiger partial charge in [0.25, 0.3) is 0 Å². The molecular formula is C14H21N3O4. The summed E-state index contributed by atoms with van der Waals surface area (Å²) in [6.07, 6.45) is 0. The van der Waals surface area contributed by atoms with Crippen molar-refractivity contribution >= 4 is 23.2 Å². The number of carbonyl (C=O) groups excluding carboxylic acids is 2. The Morgan fingerprint density at radius 1 is 1.33 bits per heavy atom. The van der Waals surface area contributed by atoms with E-state index < -0.39 is 0 Å². The van der Waals surface area contributed by atoms with Crippen LogP contribution in [0.2, 0.25) is 0 Å². The first-order chi connectivity index (χ1) is 9.96. The van der Waals surface area contributed by atoms with E-state index in [2.05, 4.69) is 10.6 Å². The van der Waals surface area contributed by atoms with Gasteiger partial charge in [0.15, 0.2) is 0 Å². The molecule has 0 atom stereocenters. The van der Waals surface area contributed by atoms with E-state index in [-0.39, 0.29) is 25.0 Å². The summed E-state index contributed by atoms with van der Waals surface area (Å²) in [5.41, 5.74) is 1.05. The molecule has 116 valence electrons. The standard InChI is InChI=1S/C14H21N3O4/c1-10(19)15-11-4-5-13(21-3)12(8-11)16-14(20)9-17(2)6-7-18/h4-5,8,18H,6-7,9H2,1-3H3,(H,15,19)(H,16,20). The van der Waals surface area contributed by atoms with Crippen molar-refractivity contribution in [2.75, 3.05) is 44.5 Å². The lowest BCUT2D eigenvalue weighted by atomic mass is 10.2. The molecule has 3 N–H and O–H groups in total. The number of likely N-dealkylation sites (N-methyl/N-ethyl adjacent to an activating group) is 1. The van der Waals surface area contributed by atoms with Crippen LogP contribution in [0, 0.1) is 0 Å². The predicted octanol–water partition coefficient (Wildman–Crippen LogP) is 0.516. The van der Waals surface area contributed by atoms with Crippen LogP contribution in [0.4, 0.5) is 11.4 Å². The number of carbonyl (C=O) groups is 2. The van der Waals surface area contributed by atoms with E-state index in [4.69, 9.17) is 9.84 Å². The summed E-state index contributed by atoms with van der Waals surface area (Å²) in [6, 6.07) is 4.98. The van der Waals surface area contributed by atoms with Crippen LogP contribution in [0.15, 0.2) is 18.2 Å². The highest BCUT2D eigenvalue weighted by molar-refractivity contribution is 5.95. The van der Waals surface area contributed by atoms with E-state index in [1.165, 1.54) is 14.0 Å². The summed E-state index contributed by atoms with van der Waals surface area (Å²) < 4.78 is 5.18. The van der Waals surface area contributed by atoms with Gasteiger partial charge < -0.3 is 20.5 Å². The van der Waals surface area contributed by atoms with E-state index in [0.29, 0.717) is 23.7 Å². The Bertz CT molecular complexity index is 505. The lowest BCUT2D eigenvalue weighted by molar-refractivity contribution is -0.117. The second-order valence-corrected chi connectivity index (χ2v) is 4.61. The van der Waals surface area contributed by atoms with Crippen molar-refractivity contribution in [3.8, 4) is 5.75 Å². The number of methoxy groups -OCH3 is 1. The average molecular weight is 295 g/mol. The fourth-order valence-corrected chi connectivity index (χ4v) is 1.77. The zero-order valence-corrected chi connectivity index (χ0v) is 12.5. The number of anilines is 2. The number of ether oxygens (including phenoxy) is 1. The second-order valence-electron chi connectivity index (χ2n) is 4.61. The lowest BCUT2D eigenvalue weighted by Crippen LogP contribution is -2.32. The van der Waals surface area contributed by atoms with Gasteiger partial charge in [0.2, 0.25) is 11.8 Å². The Hall–Kier alpha value is -2.12. The van der Waals surface area contributed by atoms with Gasteiger partial charge in [-0.15, -0.1) is 0 Å². The van der Waals surface area contributed by atoms with Crippen LogP contribution in [0.1, 0.15) is 6.92 Å². The molecule has 0 aliphatic carbocycles. The lowest BCUT2D eigenvalue weighted by Gasteiger charge is -2.16. The molecule has 0 radical (unpaired) electrons. The quantitative estimate of drug-likeness (QED) is 0.682. The van der Waals surface area contributed by atoms with Gasteiger partial charge in [-0.25, -0.2) is 0 Å². The minimum absolute atomic E-state index is 0.00881. The third kappa shape index (κ3) is 5.80. The highest BCUT2D eigenvalue weighted by Crippen LogP contribution is 2.27. The maximum absolute atomic E-state index is 11.9. The number of amides is 2. The summed E-state index contributed by atoms with van der Waals surface area (Å²) in [6.45, 7) is 1.96. The van der Waals surface area contributed by atoms with Gasteiger partial charge in [-0.1, -0.05) is 0 Å². The smallest absolute Gasteiger partial charge is 0.238 e. The number of aliphatic hydroxyl groups is 1. The van der Waals surface area contributed by atoms with Crippen molar-refractivity contribution in [2.45, 2.75) is 6.92 Å². The van der Waals surface area contributed by atoms with E-state index in [9.17, 15) is 9.59 Å². The minimum Gasteiger partial charge on any atom is -0.495 e. The van der Waals surface area contributed by atoms with Crippen LogP contribution >= 0.6 is 0 Å². The van der Waals surface area contributed by atoms with E-state index in [0.717, 1.165) is 0 Å². The maximum Gasteiger partial charge on any atom is 0.238 e. The molecular weight excluding hydrogens is 274 g/mol. The number of benzene rings is 1. The van der Waals surface area contributed by atoms with Gasteiger partial charge in [-0.3, -0.25) is 14.5 Å². The Morgan fingerprint density at radius 2 is 2.05 bits per heavy atom. The van der Waals surface area contributed by atoms with Crippen LogP contribution in [0.5, 0.6) is 5.75 Å². The fourth-order valence-electron chi connectivity index (χ4n) is 1.77. The Morgan fingerprint density at radius 3 is 2.62 bits per heavy atom. The van der Waals surface area contributed by atoms with Crippen molar-refractivity contribution in [3.05, 3.63) is 18.2 Å². The summed E-state index contributed by atoms with van der Waals surface area (Å²) in [7, 11) is 3.24. The number of aliphatic hydroxyl groups excluding tert-OH is 1. The zero-order valence-electron chi connectivity index (χ0n) is 12.5. The first-order valence-corrected chi connectivity index (χ1v) is 6.51. The molecule has 0 aliphatic rings. The van der Waals surface area contributed by atoms with Crippen LogP contribution in [0.25, 0.3) is 0 Å². The third-order valence-corrected chi connectivity index (χ3v) is 2.69. The molecule has 0 heterocycles. The molecule has 0 bridgehead atoms. The molecule has 1 aromatic rings. The van der Waals surface area contributed by atoms with Crippen molar-refractivity contribution in [2.24, 2.45) is 0 Å². The zero-order chi connectivity index (χ0) is 15.8. The molecule has 0 fully saturated rings. The van der Waals surface area contributed by atoms with E-state index in [1.807, 2.05) is 0 Å². The molecule has 21 heavy (non-hydrogen) atoms. The molecule has 0 saturated heterocycles. The number of nitrogens with one attached hydrogen (secondary N) is 2. The van der Waals surface area contributed by atoms with Gasteiger partial charge in [0.05, 0.1) is 25.9 Å². The predicted molar refractivity (Wildman–Crippen MR) is 80.5 cm³/mol. The minimum atomic E-state index is -0.232. The SMILES string of the molecule is COc1ccc(NC(C)=O)cc1NC(=O)CN(C)CCO. The van der Waals surface area contributed by atoms with Crippen molar-refractivity contribution in [1.29, 1.82) is 0 Å². The third-order valence-electron chi connectivity index (χ3n) is 2.69. The Labute approximate surface area is 123 Å². The van der Waals surface area contributed by atoms with Gasteiger partial charge in [-0.2, -0.15) is 0 Å². The van der Waals surface area contributed by atoms with Gasteiger partial charge in [-0.05, 0) is 25.2 Å². The monoisotopic (exact) mass is 295 g/mol. The molecule has 1 rings (SSSR count). The topological polar surface area (TPSA) is 90.9 Å². The summed E-state index contributed by atoms with van der Waals surface area (Å²) >= 11 is 0. The molecule has 0 aromatic heterocycles. The van der Waals surface area contributed by atoms with Crippen LogP contribution in [-0.4, -0.2) is 55.7 Å². The van der Waals surface area contributed by atoms with Crippen LogP contribution < -0.4 is 15.4 Å². The number of hydrogen-bond donors (Lipinski definition) is 3. The highest BCUT2D eigenvalue weighted by atomic mass is 16.5. The number of nitrogens with zero attached hydrogens (tertiary/aromatic N) is 1. The van der Waals surface area contributed by atoms with Crippen LogP contribution in [-0.2, 0) is 9.59 Å². The maximum atomic E-state index is 11.9. The van der Waals surface area contributed by atoms with Crippen molar-refractivity contribution in [1.82, 2.24) is 4.90 Å². The highest BCUT2D eigenvalue weighted by Gasteiger charge is 2.11. The molecule has 2 amide bonds. The molecule has 7 heteroatoms. The number of rotatable bonds is 7. The van der Waals surface area contributed by atoms with E-state index >= 15 is 0 Å². The summed E-state index contributed by atoms with van der Waals surface area (Å²) in [4.78, 5) is 24.7. The molecule has 7 nitrogen and oxygen atoms in total. The van der Waals surface area contributed by atoms with Gasteiger partial charge in [0, 0.05) is 19.2 Å². The second kappa shape index (κ2) is 8.23. The normalized spacial score (nSPS) is 10.3. The Balaban J connectivity index is 2.79. The number of hydrogen-bond acceptors (Lipinski definition) is 5. The summed E-state index contributed by atoms with van der Waals surface area (Å²) in [5.74, 6) is 0.0756. The van der Waals surface area contributed by atoms with Crippen molar-refractivity contribution in [3.63, 3.8) is 0 Å². The molecule has 0 saturated carbocycles. The first-order valence-electron chi connectivity index (χ1n) is 6.51. The Kier molecular flexibility index (Phi) is 6.64. The molecule has 1 aromatic carbocycles. The van der Waals surface area contributed by atoms with E-state index in [1.54, 1.807) is 30.1 Å². The molecule has 0 unspecified atom stereocenters. The van der Waals surface area contributed by atoms with Gasteiger partial charge >= 0.3 is 0 Å². The first kappa shape index (κ1) is 16.9. The summed E-state index contributed by atoms with van der Waals surface area (Å²) in [5, 5.41) is 14.2. The van der Waals surface area contributed by atoms with Crippen LogP contribution in [0.3, 0.4) is 0 Å². The molecule has 0 aliphatic heterocycles.